The number of rotatable bonds is 10. The van der Waals surface area contributed by atoms with Crippen molar-refractivity contribution in [3.63, 3.8) is 0 Å². The third-order valence-electron chi connectivity index (χ3n) is 4.70. The molecule has 2 aliphatic heterocycles. The van der Waals surface area contributed by atoms with Gasteiger partial charge in [-0.2, -0.15) is 0 Å². The molecule has 10 atom stereocenters. The summed E-state index contributed by atoms with van der Waals surface area (Å²) in [7, 11) is 0. The van der Waals surface area contributed by atoms with Crippen LogP contribution in [0.1, 0.15) is 0 Å². The van der Waals surface area contributed by atoms with Gasteiger partial charge in [0.05, 0.1) is 26.4 Å². The summed E-state index contributed by atoms with van der Waals surface area (Å²) >= 11 is 0. The third-order valence-corrected chi connectivity index (χ3v) is 4.70. The minimum atomic E-state index is -1.68. The van der Waals surface area contributed by atoms with E-state index in [9.17, 15) is 30.6 Å². The molecule has 0 spiro atoms. The van der Waals surface area contributed by atoms with Gasteiger partial charge in [0.15, 0.2) is 12.6 Å². The molecule has 6 N–H and O–H groups in total. The molecule has 11 nitrogen and oxygen atoms in total. The lowest BCUT2D eigenvalue weighted by atomic mass is 9.97. The summed E-state index contributed by atoms with van der Waals surface area (Å²) in [5.74, 6) is 0. The molecular weight excluding hydrogens is 392 g/mol. The maximum absolute atomic E-state index is 10.7. The Hall–Kier alpha value is -0.960. The van der Waals surface area contributed by atoms with Crippen LogP contribution in [-0.4, -0.2) is 118 Å². The van der Waals surface area contributed by atoms with Gasteiger partial charge in [0, 0.05) is 0 Å². The molecule has 2 heterocycles. The van der Waals surface area contributed by atoms with Gasteiger partial charge in [-0.05, 0) is 0 Å². The Morgan fingerprint density at radius 2 is 1.48 bits per heavy atom. The average molecular weight is 422 g/mol. The Morgan fingerprint density at radius 3 is 2.10 bits per heavy atom. The normalized spacial score (nSPS) is 43.1. The molecule has 168 valence electrons. The number of hydrogen-bond acceptors (Lipinski definition) is 11. The first-order valence-electron chi connectivity index (χ1n) is 9.24. The topological polar surface area (TPSA) is 168 Å². The van der Waals surface area contributed by atoms with Crippen LogP contribution in [-0.2, 0) is 23.7 Å². The zero-order valence-corrected chi connectivity index (χ0v) is 15.9. The van der Waals surface area contributed by atoms with E-state index in [2.05, 4.69) is 13.2 Å². The van der Waals surface area contributed by atoms with E-state index in [0.29, 0.717) is 0 Å². The van der Waals surface area contributed by atoms with Crippen LogP contribution in [0.2, 0.25) is 0 Å². The van der Waals surface area contributed by atoms with Gasteiger partial charge in [-0.3, -0.25) is 0 Å². The average Bonchev–Trinajstić information content (AvgIpc) is 2.71. The fourth-order valence-corrected chi connectivity index (χ4v) is 3.16. The van der Waals surface area contributed by atoms with Crippen molar-refractivity contribution in [2.24, 2.45) is 0 Å². The van der Waals surface area contributed by atoms with Gasteiger partial charge in [-0.1, -0.05) is 12.2 Å². The maximum atomic E-state index is 10.7. The first-order valence-corrected chi connectivity index (χ1v) is 9.24. The van der Waals surface area contributed by atoms with Gasteiger partial charge in [0.25, 0.3) is 0 Å². The van der Waals surface area contributed by atoms with Crippen molar-refractivity contribution >= 4 is 0 Å². The Bertz CT molecular complexity index is 516. The number of aliphatic hydroxyl groups is 6. The van der Waals surface area contributed by atoms with Crippen LogP contribution < -0.4 is 0 Å². The lowest BCUT2D eigenvalue weighted by molar-refractivity contribution is -0.359. The van der Waals surface area contributed by atoms with E-state index in [0.717, 1.165) is 0 Å². The lowest BCUT2D eigenvalue weighted by Crippen LogP contribution is -2.65. The van der Waals surface area contributed by atoms with E-state index < -0.39 is 68.0 Å². The van der Waals surface area contributed by atoms with E-state index >= 15 is 0 Å². The highest BCUT2D eigenvalue weighted by atomic mass is 16.7. The van der Waals surface area contributed by atoms with Crippen LogP contribution in [0.3, 0.4) is 0 Å². The summed E-state index contributed by atoms with van der Waals surface area (Å²) in [4.78, 5) is 0. The van der Waals surface area contributed by atoms with E-state index in [1.54, 1.807) is 0 Å². The summed E-state index contributed by atoms with van der Waals surface area (Å²) < 4.78 is 27.0. The maximum Gasteiger partial charge on any atom is 0.187 e. The van der Waals surface area contributed by atoms with Gasteiger partial charge in [0.2, 0.25) is 0 Å². The van der Waals surface area contributed by atoms with E-state index in [1.165, 1.54) is 12.2 Å². The van der Waals surface area contributed by atoms with Gasteiger partial charge >= 0.3 is 0 Å². The summed E-state index contributed by atoms with van der Waals surface area (Å²) in [6.45, 7) is 6.49. The Labute approximate surface area is 168 Å². The molecule has 11 heteroatoms. The monoisotopic (exact) mass is 422 g/mol. The molecule has 29 heavy (non-hydrogen) atoms. The Balaban J connectivity index is 2.17. The van der Waals surface area contributed by atoms with Crippen molar-refractivity contribution in [1.82, 2.24) is 0 Å². The molecule has 0 aromatic heterocycles. The first-order chi connectivity index (χ1) is 13.8. The molecule has 0 unspecified atom stereocenters. The molecule has 0 bridgehead atoms. The smallest absolute Gasteiger partial charge is 0.187 e. The molecule has 0 aromatic carbocycles. The van der Waals surface area contributed by atoms with Gasteiger partial charge in [-0.25, -0.2) is 0 Å². The zero-order chi connectivity index (χ0) is 21.6. The molecule has 0 saturated carbocycles. The molecule has 0 aromatic rings. The molecule has 2 aliphatic rings. The van der Waals surface area contributed by atoms with Crippen molar-refractivity contribution in [3.05, 3.63) is 25.3 Å². The second-order valence-corrected chi connectivity index (χ2v) is 6.77. The Kier molecular flexibility index (Phi) is 9.59. The summed E-state index contributed by atoms with van der Waals surface area (Å²) in [5, 5.41) is 60.3. The minimum absolute atomic E-state index is 0.00395. The second kappa shape index (κ2) is 11.4. The van der Waals surface area contributed by atoms with Crippen LogP contribution in [0, 0.1) is 0 Å². The van der Waals surface area contributed by atoms with Gasteiger partial charge < -0.3 is 54.3 Å². The van der Waals surface area contributed by atoms with Crippen molar-refractivity contribution in [1.29, 1.82) is 0 Å². The van der Waals surface area contributed by atoms with Gasteiger partial charge in [0.1, 0.15) is 48.8 Å². The lowest BCUT2D eigenvalue weighted by Gasteiger charge is -2.46. The molecule has 0 aliphatic carbocycles. The van der Waals surface area contributed by atoms with Crippen molar-refractivity contribution < 1.29 is 54.3 Å². The summed E-state index contributed by atoms with van der Waals surface area (Å²) in [6.07, 6.45) is -11.0. The molecule has 2 saturated heterocycles. The third kappa shape index (κ3) is 5.81. The predicted molar refractivity (Wildman–Crippen MR) is 96.5 cm³/mol. The van der Waals surface area contributed by atoms with Crippen LogP contribution in [0.15, 0.2) is 25.3 Å². The number of ether oxygens (including phenoxy) is 5. The van der Waals surface area contributed by atoms with Crippen molar-refractivity contribution in [2.45, 2.75) is 61.4 Å². The standard InChI is InChI=1S/C18H30O11/c1-3-5-25-8-10-12(21)15(16(17(24)27-10)26-6-4-2)29-18-14(23)13(22)11(20)9(7-19)28-18/h3-4,9-24H,1-2,5-8H2/t9-,10-,11+,12+,13+,14-,15+,16-,17+,18-/m1/s1. The Morgan fingerprint density at radius 1 is 0.793 bits per heavy atom. The SMILES string of the molecule is C=CCOC[C@H]1O[C@H](O)[C@H](OCC=C)[C@@H](O[C@H]2O[C@H](CO)[C@H](O)[C@H](O)[C@H]2O)[C@H]1O. The highest BCUT2D eigenvalue weighted by Gasteiger charge is 2.51. The van der Waals surface area contributed by atoms with Crippen LogP contribution >= 0.6 is 0 Å². The fraction of sp³-hybridized carbons (Fsp3) is 0.778. The van der Waals surface area contributed by atoms with Crippen LogP contribution in [0.5, 0.6) is 0 Å². The molecule has 0 radical (unpaired) electrons. The molecule has 0 amide bonds. The quantitative estimate of drug-likeness (QED) is 0.157. The van der Waals surface area contributed by atoms with Crippen molar-refractivity contribution in [3.8, 4) is 0 Å². The van der Waals surface area contributed by atoms with Gasteiger partial charge in [-0.15, -0.1) is 13.2 Å². The fourth-order valence-electron chi connectivity index (χ4n) is 3.16. The highest BCUT2D eigenvalue weighted by molar-refractivity contribution is 4.95. The largest absolute Gasteiger partial charge is 0.394 e. The first kappa shape index (κ1) is 24.3. The summed E-state index contributed by atoms with van der Waals surface area (Å²) in [6, 6.07) is 0. The minimum Gasteiger partial charge on any atom is -0.394 e. The number of aliphatic hydroxyl groups excluding tert-OH is 6. The molecule has 2 rings (SSSR count). The summed E-state index contributed by atoms with van der Waals surface area (Å²) in [5.41, 5.74) is 0. The van der Waals surface area contributed by atoms with E-state index in [4.69, 9.17) is 23.7 Å². The van der Waals surface area contributed by atoms with E-state index in [1.807, 2.05) is 0 Å². The highest BCUT2D eigenvalue weighted by Crippen LogP contribution is 2.30. The molecular formula is C18H30O11. The van der Waals surface area contributed by atoms with Crippen LogP contribution in [0.25, 0.3) is 0 Å². The zero-order valence-electron chi connectivity index (χ0n) is 15.9. The molecule has 2 fully saturated rings. The second-order valence-electron chi connectivity index (χ2n) is 6.77. The van der Waals surface area contributed by atoms with Crippen LogP contribution in [0.4, 0.5) is 0 Å². The predicted octanol–water partition coefficient (Wildman–Crippen LogP) is -2.98. The number of hydrogen-bond donors (Lipinski definition) is 6. The van der Waals surface area contributed by atoms with Crippen molar-refractivity contribution in [2.75, 3.05) is 26.4 Å². The van der Waals surface area contributed by atoms with E-state index in [-0.39, 0.29) is 19.8 Å².